The average molecular weight is 269 g/mol. The molecule has 0 atom stereocenters. The van der Waals surface area contributed by atoms with Crippen molar-refractivity contribution in [2.24, 2.45) is 5.92 Å². The minimum Gasteiger partial charge on any atom is -0.357 e. The van der Waals surface area contributed by atoms with Crippen LogP contribution in [-0.4, -0.2) is 23.4 Å². The molecule has 0 unspecified atom stereocenters. The Balaban J connectivity index is 1.98. The largest absolute Gasteiger partial charge is 0.357 e. The highest BCUT2D eigenvalue weighted by Crippen LogP contribution is 2.22. The highest BCUT2D eigenvalue weighted by molar-refractivity contribution is 9.09. The highest BCUT2D eigenvalue weighted by Gasteiger charge is 2.18. The predicted octanol–water partition coefficient (Wildman–Crippen LogP) is 3.00. The van der Waals surface area contributed by atoms with Crippen molar-refractivity contribution in [1.82, 2.24) is 4.98 Å². The van der Waals surface area contributed by atoms with Crippen molar-refractivity contribution in [3.8, 4) is 0 Å². The van der Waals surface area contributed by atoms with Gasteiger partial charge in [-0.1, -0.05) is 22.0 Å². The Labute approximate surface area is 99.8 Å². The molecule has 3 heteroatoms. The van der Waals surface area contributed by atoms with Gasteiger partial charge in [-0.3, -0.25) is 0 Å². The fourth-order valence-electron chi connectivity index (χ4n) is 1.96. The Morgan fingerprint density at radius 2 is 2.13 bits per heavy atom. The molecule has 0 aromatic carbocycles. The second-order valence-corrected chi connectivity index (χ2v) is 4.93. The quantitative estimate of drug-likeness (QED) is 0.767. The summed E-state index contributed by atoms with van der Waals surface area (Å²) in [7, 11) is 0. The fraction of sp³-hybridized carbons (Fsp3) is 0.583. The normalized spacial score (nSPS) is 18.1. The summed E-state index contributed by atoms with van der Waals surface area (Å²) in [5.74, 6) is 1.99. The zero-order chi connectivity index (χ0) is 10.7. The lowest BCUT2D eigenvalue weighted by molar-refractivity contribution is 0.445. The number of alkyl halides is 1. The molecule has 15 heavy (non-hydrogen) atoms. The lowest BCUT2D eigenvalue weighted by Crippen LogP contribution is -2.34. The van der Waals surface area contributed by atoms with Gasteiger partial charge in [0.25, 0.3) is 0 Å². The van der Waals surface area contributed by atoms with Crippen molar-refractivity contribution in [3.05, 3.63) is 23.9 Å². The molecule has 0 aliphatic carbocycles. The van der Waals surface area contributed by atoms with Crippen LogP contribution in [0.15, 0.2) is 18.3 Å². The molecule has 1 saturated heterocycles. The second kappa shape index (κ2) is 4.97. The number of anilines is 1. The number of aromatic nitrogens is 1. The summed E-state index contributed by atoms with van der Waals surface area (Å²) < 4.78 is 0. The van der Waals surface area contributed by atoms with Gasteiger partial charge in [0, 0.05) is 24.6 Å². The Morgan fingerprint density at radius 3 is 2.67 bits per heavy atom. The van der Waals surface area contributed by atoms with E-state index in [1.807, 2.05) is 6.20 Å². The van der Waals surface area contributed by atoms with Crippen molar-refractivity contribution in [1.29, 1.82) is 0 Å². The van der Waals surface area contributed by atoms with E-state index in [1.54, 1.807) is 0 Å². The van der Waals surface area contributed by atoms with Gasteiger partial charge in [0.05, 0.1) is 0 Å². The molecule has 2 rings (SSSR count). The highest BCUT2D eigenvalue weighted by atomic mass is 79.9. The van der Waals surface area contributed by atoms with Crippen LogP contribution in [0.1, 0.15) is 18.4 Å². The van der Waals surface area contributed by atoms with Crippen molar-refractivity contribution >= 4 is 21.7 Å². The summed E-state index contributed by atoms with van der Waals surface area (Å²) in [5, 5.41) is 1.14. The first kappa shape index (κ1) is 10.9. The first-order chi connectivity index (χ1) is 7.29. The van der Waals surface area contributed by atoms with Gasteiger partial charge in [-0.15, -0.1) is 0 Å². The van der Waals surface area contributed by atoms with E-state index in [0.717, 1.165) is 30.2 Å². The van der Waals surface area contributed by atoms with E-state index < -0.39 is 0 Å². The van der Waals surface area contributed by atoms with Gasteiger partial charge in [-0.2, -0.15) is 0 Å². The molecular formula is C12H17BrN2. The second-order valence-electron chi connectivity index (χ2n) is 4.28. The number of nitrogens with zero attached hydrogens (tertiary/aromatic N) is 2. The van der Waals surface area contributed by atoms with Crippen molar-refractivity contribution < 1.29 is 0 Å². The Morgan fingerprint density at radius 1 is 1.40 bits per heavy atom. The average Bonchev–Trinajstić information content (AvgIpc) is 2.30. The van der Waals surface area contributed by atoms with E-state index in [-0.39, 0.29) is 0 Å². The van der Waals surface area contributed by atoms with Gasteiger partial charge in [-0.05, 0) is 37.3 Å². The standard InChI is InChI=1S/C12H17BrN2/c1-10-2-3-12(14-9-10)15-6-4-11(8-13)5-7-15/h2-3,9,11H,4-8H2,1H3. The summed E-state index contributed by atoms with van der Waals surface area (Å²) in [6, 6.07) is 4.27. The maximum atomic E-state index is 4.47. The van der Waals surface area contributed by atoms with Crippen LogP contribution >= 0.6 is 15.9 Å². The first-order valence-corrected chi connectivity index (χ1v) is 6.65. The monoisotopic (exact) mass is 268 g/mol. The van der Waals surface area contributed by atoms with Gasteiger partial charge in [0.2, 0.25) is 0 Å². The molecule has 0 N–H and O–H groups in total. The SMILES string of the molecule is Cc1ccc(N2CCC(CBr)CC2)nc1. The van der Waals surface area contributed by atoms with Crippen molar-refractivity contribution in [2.75, 3.05) is 23.3 Å². The fourth-order valence-corrected chi connectivity index (χ4v) is 2.61. The molecule has 0 radical (unpaired) electrons. The van der Waals surface area contributed by atoms with E-state index in [4.69, 9.17) is 0 Å². The van der Waals surface area contributed by atoms with Gasteiger partial charge in [-0.25, -0.2) is 4.98 Å². The molecular weight excluding hydrogens is 252 g/mol. The number of hydrogen-bond acceptors (Lipinski definition) is 2. The molecule has 1 fully saturated rings. The van der Waals surface area contributed by atoms with Crippen molar-refractivity contribution in [3.63, 3.8) is 0 Å². The van der Waals surface area contributed by atoms with Crippen molar-refractivity contribution in [2.45, 2.75) is 19.8 Å². The topological polar surface area (TPSA) is 16.1 Å². The Kier molecular flexibility index (Phi) is 3.62. The van der Waals surface area contributed by atoms with Crippen LogP contribution in [-0.2, 0) is 0 Å². The van der Waals surface area contributed by atoms with Crippen LogP contribution in [0.25, 0.3) is 0 Å². The molecule has 0 saturated carbocycles. The zero-order valence-corrected chi connectivity index (χ0v) is 10.7. The molecule has 1 aromatic heterocycles. The predicted molar refractivity (Wildman–Crippen MR) is 67.7 cm³/mol. The summed E-state index contributed by atoms with van der Waals surface area (Å²) >= 11 is 3.56. The lowest BCUT2D eigenvalue weighted by atomic mass is 9.99. The van der Waals surface area contributed by atoms with Crippen LogP contribution in [0.4, 0.5) is 5.82 Å². The number of aryl methyl sites for hydroxylation is 1. The number of piperidine rings is 1. The number of pyridine rings is 1. The molecule has 0 amide bonds. The Bertz CT molecular complexity index is 302. The smallest absolute Gasteiger partial charge is 0.128 e. The molecule has 2 nitrogen and oxygen atoms in total. The summed E-state index contributed by atoms with van der Waals surface area (Å²) in [6.45, 7) is 4.37. The van der Waals surface area contributed by atoms with Crippen LogP contribution in [0.5, 0.6) is 0 Å². The van der Waals surface area contributed by atoms with E-state index >= 15 is 0 Å². The minimum atomic E-state index is 0.853. The maximum Gasteiger partial charge on any atom is 0.128 e. The van der Waals surface area contributed by atoms with Crippen LogP contribution in [0.3, 0.4) is 0 Å². The Hall–Kier alpha value is -0.570. The molecule has 0 spiro atoms. The van der Waals surface area contributed by atoms with Gasteiger partial charge in [0.1, 0.15) is 5.82 Å². The van der Waals surface area contributed by atoms with E-state index in [1.165, 1.54) is 18.4 Å². The number of rotatable bonds is 2. The molecule has 82 valence electrons. The lowest BCUT2D eigenvalue weighted by Gasteiger charge is -2.32. The van der Waals surface area contributed by atoms with Gasteiger partial charge >= 0.3 is 0 Å². The number of halogens is 1. The van der Waals surface area contributed by atoms with Crippen LogP contribution in [0.2, 0.25) is 0 Å². The summed E-state index contributed by atoms with van der Waals surface area (Å²) in [6.07, 6.45) is 4.51. The molecule has 1 aliphatic heterocycles. The molecule has 2 heterocycles. The molecule has 1 aromatic rings. The maximum absolute atomic E-state index is 4.47. The third-order valence-electron chi connectivity index (χ3n) is 3.05. The zero-order valence-electron chi connectivity index (χ0n) is 9.12. The third kappa shape index (κ3) is 2.71. The van der Waals surface area contributed by atoms with Gasteiger partial charge < -0.3 is 4.90 Å². The van der Waals surface area contributed by atoms with Gasteiger partial charge in [0.15, 0.2) is 0 Å². The summed E-state index contributed by atoms with van der Waals surface area (Å²) in [5.41, 5.74) is 1.23. The third-order valence-corrected chi connectivity index (χ3v) is 3.97. The van der Waals surface area contributed by atoms with Crippen LogP contribution in [0, 0.1) is 12.8 Å². The number of hydrogen-bond donors (Lipinski definition) is 0. The molecule has 0 bridgehead atoms. The van der Waals surface area contributed by atoms with E-state index in [2.05, 4.69) is 44.9 Å². The van der Waals surface area contributed by atoms with E-state index in [0.29, 0.717) is 0 Å². The molecule has 1 aliphatic rings. The first-order valence-electron chi connectivity index (χ1n) is 5.53. The summed E-state index contributed by atoms with van der Waals surface area (Å²) in [4.78, 5) is 6.85. The van der Waals surface area contributed by atoms with Crippen LogP contribution < -0.4 is 4.90 Å². The minimum absolute atomic E-state index is 0.853. The van der Waals surface area contributed by atoms with E-state index in [9.17, 15) is 0 Å².